The molecule has 10 heteroatoms. The van der Waals surface area contributed by atoms with Gasteiger partial charge in [-0.1, -0.05) is 37.1 Å². The molecule has 2 aromatic rings. The van der Waals surface area contributed by atoms with E-state index in [0.717, 1.165) is 31.4 Å². The lowest BCUT2D eigenvalue weighted by molar-refractivity contribution is -0.143. The third-order valence-electron chi connectivity index (χ3n) is 6.39. The molecule has 1 aliphatic heterocycles. The molecule has 32 heavy (non-hydrogen) atoms. The summed E-state index contributed by atoms with van der Waals surface area (Å²) in [6, 6.07) is 3.83. The summed E-state index contributed by atoms with van der Waals surface area (Å²) in [4.78, 5) is 33.4. The van der Waals surface area contributed by atoms with Crippen molar-refractivity contribution < 1.29 is 27.3 Å². The summed E-state index contributed by atoms with van der Waals surface area (Å²) < 4.78 is 44.3. The van der Waals surface area contributed by atoms with Crippen molar-refractivity contribution in [3.05, 3.63) is 35.7 Å². The molecule has 0 N–H and O–H groups in total. The van der Waals surface area contributed by atoms with Crippen LogP contribution >= 0.6 is 0 Å². The van der Waals surface area contributed by atoms with Gasteiger partial charge in [-0.15, -0.1) is 0 Å². The van der Waals surface area contributed by atoms with Gasteiger partial charge in [-0.25, -0.2) is 4.79 Å². The minimum atomic E-state index is -4.48. The van der Waals surface area contributed by atoms with Crippen molar-refractivity contribution in [3.63, 3.8) is 0 Å². The fourth-order valence-electron chi connectivity index (χ4n) is 4.52. The number of urea groups is 1. The van der Waals surface area contributed by atoms with Gasteiger partial charge < -0.3 is 9.42 Å². The maximum absolute atomic E-state index is 13.2. The predicted molar refractivity (Wildman–Crippen MR) is 108 cm³/mol. The Morgan fingerprint density at radius 3 is 2.69 bits per heavy atom. The van der Waals surface area contributed by atoms with E-state index in [0.29, 0.717) is 12.8 Å². The molecule has 1 saturated carbocycles. The first-order valence-electron chi connectivity index (χ1n) is 10.8. The highest BCUT2D eigenvalue weighted by Crippen LogP contribution is 2.37. The maximum atomic E-state index is 13.2. The Morgan fingerprint density at radius 1 is 1.22 bits per heavy atom. The third-order valence-corrected chi connectivity index (χ3v) is 6.39. The Morgan fingerprint density at radius 2 is 1.97 bits per heavy atom. The highest BCUT2D eigenvalue weighted by atomic mass is 19.4. The van der Waals surface area contributed by atoms with E-state index in [2.05, 4.69) is 10.1 Å². The van der Waals surface area contributed by atoms with E-state index in [1.54, 1.807) is 4.90 Å². The molecular formula is C22H25F3N4O3. The van der Waals surface area contributed by atoms with Crippen LogP contribution < -0.4 is 0 Å². The van der Waals surface area contributed by atoms with Crippen molar-refractivity contribution in [3.8, 4) is 11.4 Å². The quantitative estimate of drug-likeness (QED) is 0.649. The van der Waals surface area contributed by atoms with Crippen LogP contribution in [-0.2, 0) is 17.5 Å². The fraction of sp³-hybridized carbons (Fsp3) is 0.545. The molecule has 3 atom stereocenters. The predicted octanol–water partition coefficient (Wildman–Crippen LogP) is 4.88. The minimum Gasteiger partial charge on any atom is -0.337 e. The zero-order chi connectivity index (χ0) is 23.0. The van der Waals surface area contributed by atoms with Crippen LogP contribution in [0.15, 0.2) is 28.8 Å². The van der Waals surface area contributed by atoms with Gasteiger partial charge in [0, 0.05) is 17.6 Å². The van der Waals surface area contributed by atoms with E-state index in [-0.39, 0.29) is 53.8 Å². The second-order valence-electron chi connectivity index (χ2n) is 8.42. The van der Waals surface area contributed by atoms with Crippen LogP contribution in [0.2, 0.25) is 0 Å². The minimum absolute atomic E-state index is 0.00613. The maximum Gasteiger partial charge on any atom is 0.416 e. The Bertz CT molecular complexity index is 1010. The number of alkyl halides is 3. The summed E-state index contributed by atoms with van der Waals surface area (Å²) in [6.07, 6.45) is -0.553. The van der Waals surface area contributed by atoms with E-state index in [4.69, 9.17) is 4.52 Å². The average Bonchev–Trinajstić information content (AvgIpc) is 3.25. The smallest absolute Gasteiger partial charge is 0.337 e. The molecule has 1 aromatic carbocycles. The van der Waals surface area contributed by atoms with Crippen molar-refractivity contribution in [2.45, 2.75) is 70.8 Å². The first-order valence-corrected chi connectivity index (χ1v) is 10.8. The van der Waals surface area contributed by atoms with Crippen LogP contribution in [0, 0.1) is 5.92 Å². The lowest BCUT2D eigenvalue weighted by Gasteiger charge is -2.47. The Kier molecular flexibility index (Phi) is 5.96. The number of benzene rings is 1. The van der Waals surface area contributed by atoms with E-state index >= 15 is 0 Å². The molecule has 1 aliphatic carbocycles. The van der Waals surface area contributed by atoms with Crippen molar-refractivity contribution in [1.29, 1.82) is 0 Å². The summed E-state index contributed by atoms with van der Waals surface area (Å²) in [6.45, 7) is 3.77. The first kappa shape index (κ1) is 22.3. The molecule has 3 unspecified atom stereocenters. The largest absolute Gasteiger partial charge is 0.416 e. The molecule has 4 rings (SSSR count). The highest BCUT2D eigenvalue weighted by Gasteiger charge is 2.48. The van der Waals surface area contributed by atoms with Gasteiger partial charge >= 0.3 is 12.2 Å². The van der Waals surface area contributed by atoms with Gasteiger partial charge in [0.1, 0.15) is 6.54 Å². The summed E-state index contributed by atoms with van der Waals surface area (Å²) in [5.41, 5.74) is -0.632. The number of halogens is 3. The van der Waals surface area contributed by atoms with Gasteiger partial charge in [0.2, 0.25) is 17.6 Å². The van der Waals surface area contributed by atoms with Gasteiger partial charge in [0.25, 0.3) is 0 Å². The molecule has 0 bridgehead atoms. The van der Waals surface area contributed by atoms with Crippen molar-refractivity contribution in [2.75, 3.05) is 0 Å². The molecule has 1 saturated heterocycles. The normalized spacial score (nSPS) is 22.8. The molecule has 2 fully saturated rings. The molecule has 172 valence electrons. The standard InChI is InChI=1S/C22H25F3N4O3/c1-3-13(2)29-20(30)16-9-4-5-10-17(16)28(21(29)31)12-18-26-19(27-32-18)14-7-6-8-15(11-14)22(23,24)25/h6-8,11,13,16-17H,3-5,9-10,12H2,1-2H3. The molecular weight excluding hydrogens is 425 g/mol. The van der Waals surface area contributed by atoms with Crippen LogP contribution in [0.4, 0.5) is 18.0 Å². The van der Waals surface area contributed by atoms with E-state index in [1.165, 1.54) is 17.0 Å². The topological polar surface area (TPSA) is 79.5 Å². The zero-order valence-corrected chi connectivity index (χ0v) is 17.9. The van der Waals surface area contributed by atoms with Crippen molar-refractivity contribution >= 4 is 11.9 Å². The van der Waals surface area contributed by atoms with E-state index < -0.39 is 11.7 Å². The zero-order valence-electron chi connectivity index (χ0n) is 17.9. The third kappa shape index (κ3) is 4.10. The average molecular weight is 450 g/mol. The number of hydrogen-bond acceptors (Lipinski definition) is 5. The highest BCUT2D eigenvalue weighted by molar-refractivity contribution is 5.99. The number of nitrogens with zero attached hydrogens (tertiary/aromatic N) is 4. The van der Waals surface area contributed by atoms with Crippen molar-refractivity contribution in [1.82, 2.24) is 19.9 Å². The van der Waals surface area contributed by atoms with E-state index in [1.807, 2.05) is 13.8 Å². The monoisotopic (exact) mass is 450 g/mol. The number of carbonyl (C=O) groups is 2. The molecule has 0 spiro atoms. The van der Waals surface area contributed by atoms with Crippen molar-refractivity contribution in [2.24, 2.45) is 5.92 Å². The fourth-order valence-corrected chi connectivity index (χ4v) is 4.52. The lowest BCUT2D eigenvalue weighted by atomic mass is 9.80. The van der Waals surface area contributed by atoms with Crippen LogP contribution in [-0.4, -0.2) is 44.0 Å². The molecule has 2 aliphatic rings. The Balaban J connectivity index is 1.60. The number of aromatic nitrogens is 2. The number of imide groups is 1. The number of amides is 3. The summed E-state index contributed by atoms with van der Waals surface area (Å²) >= 11 is 0. The Hall–Kier alpha value is -2.91. The molecule has 7 nitrogen and oxygen atoms in total. The van der Waals surface area contributed by atoms with Gasteiger partial charge in [0.05, 0.1) is 11.5 Å². The number of fused-ring (bicyclic) bond motifs is 1. The summed E-state index contributed by atoms with van der Waals surface area (Å²) in [5.74, 6) is -0.249. The van der Waals surface area contributed by atoms with Gasteiger partial charge in [-0.05, 0) is 38.3 Å². The second kappa shape index (κ2) is 8.55. The van der Waals surface area contributed by atoms with Gasteiger partial charge in [-0.3, -0.25) is 9.69 Å². The van der Waals surface area contributed by atoms with Crippen LogP contribution in [0.25, 0.3) is 11.4 Å². The number of carbonyl (C=O) groups excluding carboxylic acids is 2. The lowest BCUT2D eigenvalue weighted by Crippen LogP contribution is -2.63. The Labute approximate surface area is 183 Å². The number of hydrogen-bond donors (Lipinski definition) is 0. The summed E-state index contributed by atoms with van der Waals surface area (Å²) in [5, 5.41) is 3.82. The van der Waals surface area contributed by atoms with E-state index in [9.17, 15) is 22.8 Å². The molecule has 3 amide bonds. The molecule has 0 radical (unpaired) electrons. The number of rotatable bonds is 5. The molecule has 1 aromatic heterocycles. The van der Waals surface area contributed by atoms with Gasteiger partial charge in [0.15, 0.2) is 0 Å². The van der Waals surface area contributed by atoms with Gasteiger partial charge in [-0.2, -0.15) is 18.2 Å². The second-order valence-corrected chi connectivity index (χ2v) is 8.42. The first-order chi connectivity index (χ1) is 15.2. The SMILES string of the molecule is CCC(C)N1C(=O)C2CCCCC2N(Cc2nc(-c3cccc(C(F)(F)F)c3)no2)C1=O. The molecule has 2 heterocycles. The van der Waals surface area contributed by atoms with Crippen LogP contribution in [0.3, 0.4) is 0 Å². The summed E-state index contributed by atoms with van der Waals surface area (Å²) in [7, 11) is 0. The van der Waals surface area contributed by atoms with Crippen LogP contribution in [0.1, 0.15) is 57.4 Å². The van der Waals surface area contributed by atoms with Crippen LogP contribution in [0.5, 0.6) is 0 Å².